The van der Waals surface area contributed by atoms with Crippen molar-refractivity contribution in [1.82, 2.24) is 5.43 Å². The van der Waals surface area contributed by atoms with Gasteiger partial charge in [-0.3, -0.25) is 4.79 Å². The Morgan fingerprint density at radius 3 is 2.53 bits per heavy atom. The number of nitrogens with zero attached hydrogens (tertiary/aromatic N) is 1. The lowest BCUT2D eigenvalue weighted by atomic mass is 10.1. The largest absolute Gasteiger partial charge is 0.273 e. The van der Waals surface area contributed by atoms with E-state index in [4.69, 9.17) is 0 Å². The van der Waals surface area contributed by atoms with Crippen molar-refractivity contribution in [2.75, 3.05) is 0 Å². The second-order valence-electron chi connectivity index (χ2n) is 4.20. The molecule has 0 saturated heterocycles. The molecule has 0 aliphatic carbocycles. The summed E-state index contributed by atoms with van der Waals surface area (Å²) in [6.07, 6.45) is 2.47. The van der Waals surface area contributed by atoms with Crippen LogP contribution in [0.2, 0.25) is 0 Å². The second-order valence-corrected chi connectivity index (χ2v) is 4.20. The van der Waals surface area contributed by atoms with Gasteiger partial charge in [-0.1, -0.05) is 43.2 Å². The SMILES string of the molecule is CCCCC(=O)NN=C(C)c1ccc(C)cc1. The Morgan fingerprint density at radius 2 is 1.94 bits per heavy atom. The molecule has 1 aromatic carbocycles. The van der Waals surface area contributed by atoms with Gasteiger partial charge in [-0.05, 0) is 25.8 Å². The zero-order chi connectivity index (χ0) is 12.7. The minimum atomic E-state index is -0.0155. The van der Waals surface area contributed by atoms with Crippen molar-refractivity contribution in [3.8, 4) is 0 Å². The van der Waals surface area contributed by atoms with Gasteiger partial charge in [-0.2, -0.15) is 5.10 Å². The predicted octanol–water partition coefficient (Wildman–Crippen LogP) is 3.03. The average molecular weight is 232 g/mol. The molecule has 0 fully saturated rings. The number of aryl methyl sites for hydroxylation is 1. The molecule has 3 heteroatoms. The minimum absolute atomic E-state index is 0.0155. The molecule has 0 aliphatic rings. The Bertz CT molecular complexity index is 393. The number of hydrazone groups is 1. The number of nitrogens with one attached hydrogen (secondary N) is 1. The van der Waals surface area contributed by atoms with Crippen LogP contribution in [0.4, 0.5) is 0 Å². The Kier molecular flexibility index (Phi) is 5.40. The first-order valence-corrected chi connectivity index (χ1v) is 6.03. The van der Waals surface area contributed by atoms with E-state index in [0.29, 0.717) is 6.42 Å². The number of hydrogen-bond acceptors (Lipinski definition) is 2. The highest BCUT2D eigenvalue weighted by molar-refractivity contribution is 5.99. The molecular weight excluding hydrogens is 212 g/mol. The summed E-state index contributed by atoms with van der Waals surface area (Å²) in [5.74, 6) is -0.0155. The van der Waals surface area contributed by atoms with Gasteiger partial charge in [0, 0.05) is 6.42 Å². The van der Waals surface area contributed by atoms with Crippen molar-refractivity contribution in [1.29, 1.82) is 0 Å². The van der Waals surface area contributed by atoms with Gasteiger partial charge in [-0.25, -0.2) is 5.43 Å². The Hall–Kier alpha value is -1.64. The molecule has 0 heterocycles. The van der Waals surface area contributed by atoms with Crippen LogP contribution in [0.25, 0.3) is 0 Å². The van der Waals surface area contributed by atoms with Gasteiger partial charge >= 0.3 is 0 Å². The van der Waals surface area contributed by atoms with Crippen molar-refractivity contribution in [3.05, 3.63) is 35.4 Å². The van der Waals surface area contributed by atoms with Crippen LogP contribution in [-0.4, -0.2) is 11.6 Å². The van der Waals surface area contributed by atoms with E-state index in [1.165, 1.54) is 5.56 Å². The van der Waals surface area contributed by atoms with Crippen LogP contribution >= 0.6 is 0 Å². The van der Waals surface area contributed by atoms with E-state index in [1.54, 1.807) is 0 Å². The summed E-state index contributed by atoms with van der Waals surface area (Å²) in [5, 5.41) is 4.09. The first-order valence-electron chi connectivity index (χ1n) is 6.03. The molecule has 0 atom stereocenters. The van der Waals surface area contributed by atoms with Crippen LogP contribution in [0.5, 0.6) is 0 Å². The van der Waals surface area contributed by atoms with Gasteiger partial charge < -0.3 is 0 Å². The zero-order valence-corrected chi connectivity index (χ0v) is 10.8. The monoisotopic (exact) mass is 232 g/mol. The highest BCUT2D eigenvalue weighted by Crippen LogP contribution is 2.04. The fourth-order valence-electron chi connectivity index (χ4n) is 1.40. The van der Waals surface area contributed by atoms with Crippen LogP contribution in [0.15, 0.2) is 29.4 Å². The van der Waals surface area contributed by atoms with Crippen LogP contribution in [-0.2, 0) is 4.79 Å². The molecule has 0 saturated carbocycles. The molecule has 0 aliphatic heterocycles. The normalized spacial score (nSPS) is 11.4. The molecule has 0 spiro atoms. The minimum Gasteiger partial charge on any atom is -0.273 e. The summed E-state index contributed by atoms with van der Waals surface area (Å²) in [6.45, 7) is 6.00. The van der Waals surface area contributed by atoms with E-state index >= 15 is 0 Å². The molecule has 0 aromatic heterocycles. The molecular formula is C14H20N2O. The summed E-state index contributed by atoms with van der Waals surface area (Å²) in [7, 11) is 0. The first kappa shape index (κ1) is 13.4. The van der Waals surface area contributed by atoms with E-state index in [2.05, 4.69) is 17.5 Å². The third-order valence-corrected chi connectivity index (χ3v) is 2.58. The van der Waals surface area contributed by atoms with Gasteiger partial charge in [0.05, 0.1) is 5.71 Å². The Morgan fingerprint density at radius 1 is 1.29 bits per heavy atom. The van der Waals surface area contributed by atoms with Gasteiger partial charge in [0.2, 0.25) is 5.91 Å². The van der Waals surface area contributed by atoms with Gasteiger partial charge in [0.1, 0.15) is 0 Å². The highest BCUT2D eigenvalue weighted by atomic mass is 16.2. The molecule has 3 nitrogen and oxygen atoms in total. The number of rotatable bonds is 5. The van der Waals surface area contributed by atoms with Gasteiger partial charge in [0.25, 0.3) is 0 Å². The number of carbonyl (C=O) groups is 1. The topological polar surface area (TPSA) is 41.5 Å². The van der Waals surface area contributed by atoms with Crippen LogP contribution in [0.3, 0.4) is 0 Å². The number of carbonyl (C=O) groups excluding carboxylic acids is 1. The molecule has 1 rings (SSSR count). The van der Waals surface area contributed by atoms with Crippen molar-refractivity contribution >= 4 is 11.6 Å². The summed E-state index contributed by atoms with van der Waals surface area (Å²) in [6, 6.07) is 8.08. The molecule has 1 N–H and O–H groups in total. The lowest BCUT2D eigenvalue weighted by Gasteiger charge is -2.03. The van der Waals surface area contributed by atoms with Gasteiger partial charge in [-0.15, -0.1) is 0 Å². The predicted molar refractivity (Wildman–Crippen MR) is 71.1 cm³/mol. The summed E-state index contributed by atoms with van der Waals surface area (Å²) in [4.78, 5) is 11.4. The van der Waals surface area contributed by atoms with Crippen molar-refractivity contribution in [3.63, 3.8) is 0 Å². The quantitative estimate of drug-likeness (QED) is 0.615. The lowest BCUT2D eigenvalue weighted by Crippen LogP contribution is -2.18. The molecule has 17 heavy (non-hydrogen) atoms. The van der Waals surface area contributed by atoms with Crippen LogP contribution in [0.1, 0.15) is 44.2 Å². The maximum atomic E-state index is 11.4. The van der Waals surface area contributed by atoms with Crippen LogP contribution in [0, 0.1) is 6.92 Å². The molecule has 1 aromatic rings. The second kappa shape index (κ2) is 6.84. The van der Waals surface area contributed by atoms with Crippen molar-refractivity contribution in [2.45, 2.75) is 40.0 Å². The average Bonchev–Trinajstić information content (AvgIpc) is 2.34. The fourth-order valence-corrected chi connectivity index (χ4v) is 1.40. The van der Waals surface area contributed by atoms with E-state index in [9.17, 15) is 4.79 Å². The molecule has 0 unspecified atom stereocenters. The van der Waals surface area contributed by atoms with Crippen molar-refractivity contribution in [2.24, 2.45) is 5.10 Å². The molecule has 0 radical (unpaired) electrons. The number of unbranched alkanes of at least 4 members (excludes halogenated alkanes) is 1. The van der Waals surface area contributed by atoms with E-state index < -0.39 is 0 Å². The first-order chi connectivity index (χ1) is 8.13. The van der Waals surface area contributed by atoms with E-state index in [0.717, 1.165) is 24.1 Å². The third kappa shape index (κ3) is 4.81. The maximum Gasteiger partial charge on any atom is 0.240 e. The number of hydrogen-bond donors (Lipinski definition) is 1. The summed E-state index contributed by atoms with van der Waals surface area (Å²) in [5.41, 5.74) is 5.66. The maximum absolute atomic E-state index is 11.4. The Balaban J connectivity index is 2.54. The summed E-state index contributed by atoms with van der Waals surface area (Å²) >= 11 is 0. The van der Waals surface area contributed by atoms with E-state index in [1.807, 2.05) is 38.1 Å². The zero-order valence-electron chi connectivity index (χ0n) is 10.8. The highest BCUT2D eigenvalue weighted by Gasteiger charge is 2.00. The molecule has 1 amide bonds. The molecule has 92 valence electrons. The molecule has 0 bridgehead atoms. The third-order valence-electron chi connectivity index (χ3n) is 2.58. The van der Waals surface area contributed by atoms with Crippen LogP contribution < -0.4 is 5.43 Å². The number of benzene rings is 1. The van der Waals surface area contributed by atoms with Crippen molar-refractivity contribution < 1.29 is 4.79 Å². The number of amides is 1. The Labute approximate surface area is 103 Å². The van der Waals surface area contributed by atoms with Gasteiger partial charge in [0.15, 0.2) is 0 Å². The standard InChI is InChI=1S/C14H20N2O/c1-4-5-6-14(17)16-15-12(3)13-9-7-11(2)8-10-13/h7-10H,4-6H2,1-3H3,(H,16,17). The lowest BCUT2D eigenvalue weighted by molar-refractivity contribution is -0.121. The summed E-state index contributed by atoms with van der Waals surface area (Å²) < 4.78 is 0. The fraction of sp³-hybridized carbons (Fsp3) is 0.429. The smallest absolute Gasteiger partial charge is 0.240 e. The van der Waals surface area contributed by atoms with E-state index in [-0.39, 0.29) is 5.91 Å².